The lowest BCUT2D eigenvalue weighted by Gasteiger charge is -2.15. The summed E-state index contributed by atoms with van der Waals surface area (Å²) in [5, 5.41) is 19.0. The van der Waals surface area contributed by atoms with E-state index in [9.17, 15) is 9.90 Å². The van der Waals surface area contributed by atoms with Crippen LogP contribution in [-0.2, 0) is 10.2 Å². The molecular formula is C12H12O5. The Balaban J connectivity index is 2.02. The van der Waals surface area contributed by atoms with E-state index in [0.717, 1.165) is 12.8 Å². The van der Waals surface area contributed by atoms with Crippen molar-refractivity contribution >= 4 is 5.97 Å². The summed E-state index contributed by atoms with van der Waals surface area (Å²) in [5.41, 5.74) is 0.237. The van der Waals surface area contributed by atoms with E-state index in [0.29, 0.717) is 17.1 Å². The molecule has 5 nitrogen and oxygen atoms in total. The van der Waals surface area contributed by atoms with Gasteiger partial charge in [-0.25, -0.2) is 0 Å². The Morgan fingerprint density at radius 3 is 2.76 bits per heavy atom. The quantitative estimate of drug-likeness (QED) is 0.834. The van der Waals surface area contributed by atoms with Gasteiger partial charge in [0, 0.05) is 11.0 Å². The average molecular weight is 236 g/mol. The molecule has 0 atom stereocenters. The molecule has 3 rings (SSSR count). The third kappa shape index (κ3) is 1.50. The summed E-state index contributed by atoms with van der Waals surface area (Å²) < 4.78 is 10.3. The van der Waals surface area contributed by atoms with Gasteiger partial charge in [-0.2, -0.15) is 0 Å². The summed E-state index contributed by atoms with van der Waals surface area (Å²) in [7, 11) is 0. The van der Waals surface area contributed by atoms with Gasteiger partial charge in [0.25, 0.3) is 0 Å². The highest BCUT2D eigenvalue weighted by atomic mass is 16.7. The fourth-order valence-corrected chi connectivity index (χ4v) is 2.37. The number of phenolic OH excluding ortho intramolecular Hbond substituents is 1. The number of hydrogen-bond acceptors (Lipinski definition) is 4. The molecule has 0 amide bonds. The van der Waals surface area contributed by atoms with Crippen LogP contribution in [0.25, 0.3) is 0 Å². The van der Waals surface area contributed by atoms with Gasteiger partial charge in [-0.3, -0.25) is 4.79 Å². The van der Waals surface area contributed by atoms with Crippen molar-refractivity contribution in [3.8, 4) is 17.2 Å². The van der Waals surface area contributed by atoms with Crippen LogP contribution >= 0.6 is 0 Å². The fourth-order valence-electron chi connectivity index (χ4n) is 2.37. The van der Waals surface area contributed by atoms with Gasteiger partial charge in [-0.05, 0) is 18.9 Å². The normalized spacial score (nSPS) is 19.1. The van der Waals surface area contributed by atoms with Crippen molar-refractivity contribution in [2.24, 2.45) is 0 Å². The maximum atomic E-state index is 10.8. The summed E-state index contributed by atoms with van der Waals surface area (Å²) in [6, 6.07) is 3.46. The van der Waals surface area contributed by atoms with Crippen LogP contribution in [0.1, 0.15) is 24.8 Å². The second kappa shape index (κ2) is 3.29. The monoisotopic (exact) mass is 236 g/mol. The SMILES string of the molecule is O=C(O)CC1(c2ccc3c(c2O)OCO3)CC1. The summed E-state index contributed by atoms with van der Waals surface area (Å²) >= 11 is 0. The number of carboxylic acid groups (broad SMARTS) is 1. The summed E-state index contributed by atoms with van der Waals surface area (Å²) in [6.07, 6.45) is 1.61. The standard InChI is InChI=1S/C12H12O5/c13-9(14)5-12(3-4-12)7-1-2-8-11(10(7)15)17-6-16-8/h1-2,15H,3-6H2,(H,13,14). The maximum absolute atomic E-state index is 10.8. The van der Waals surface area contributed by atoms with Gasteiger partial charge < -0.3 is 19.7 Å². The van der Waals surface area contributed by atoms with E-state index < -0.39 is 11.4 Å². The summed E-state index contributed by atoms with van der Waals surface area (Å²) in [4.78, 5) is 10.8. The number of aromatic hydroxyl groups is 1. The van der Waals surface area contributed by atoms with Gasteiger partial charge in [0.1, 0.15) is 0 Å². The van der Waals surface area contributed by atoms with Crippen molar-refractivity contribution in [1.29, 1.82) is 0 Å². The maximum Gasteiger partial charge on any atom is 0.304 e. The first-order chi connectivity index (χ1) is 8.12. The third-order valence-electron chi connectivity index (χ3n) is 3.43. The molecular weight excluding hydrogens is 224 g/mol. The lowest BCUT2D eigenvalue weighted by Crippen LogP contribution is -2.13. The molecule has 0 radical (unpaired) electrons. The van der Waals surface area contributed by atoms with E-state index in [2.05, 4.69) is 0 Å². The van der Waals surface area contributed by atoms with Gasteiger partial charge >= 0.3 is 5.97 Å². The van der Waals surface area contributed by atoms with Crippen LogP contribution in [0, 0.1) is 0 Å². The molecule has 0 aromatic heterocycles. The van der Waals surface area contributed by atoms with Gasteiger partial charge in [0.15, 0.2) is 11.5 Å². The molecule has 0 unspecified atom stereocenters. The molecule has 1 aromatic rings. The lowest BCUT2D eigenvalue weighted by molar-refractivity contribution is -0.137. The third-order valence-corrected chi connectivity index (χ3v) is 3.43. The van der Waals surface area contributed by atoms with Gasteiger partial charge in [0.2, 0.25) is 12.5 Å². The predicted molar refractivity (Wildman–Crippen MR) is 57.4 cm³/mol. The van der Waals surface area contributed by atoms with Crippen molar-refractivity contribution in [2.75, 3.05) is 6.79 Å². The number of carbonyl (C=O) groups is 1. The zero-order valence-corrected chi connectivity index (χ0v) is 9.10. The van der Waals surface area contributed by atoms with Gasteiger partial charge in [0.05, 0.1) is 6.42 Å². The second-order valence-electron chi connectivity index (χ2n) is 4.55. The van der Waals surface area contributed by atoms with Crippen LogP contribution in [0.5, 0.6) is 17.2 Å². The van der Waals surface area contributed by atoms with Crippen LogP contribution in [0.4, 0.5) is 0 Å². The first-order valence-corrected chi connectivity index (χ1v) is 5.46. The zero-order chi connectivity index (χ0) is 12.0. The highest BCUT2D eigenvalue weighted by Crippen LogP contribution is 2.57. The topological polar surface area (TPSA) is 76.0 Å². The Morgan fingerprint density at radius 1 is 1.35 bits per heavy atom. The second-order valence-corrected chi connectivity index (χ2v) is 4.55. The number of phenols is 1. The Bertz CT molecular complexity index is 490. The largest absolute Gasteiger partial charge is 0.504 e. The van der Waals surface area contributed by atoms with Crippen LogP contribution in [0.3, 0.4) is 0 Å². The van der Waals surface area contributed by atoms with Gasteiger partial charge in [-0.15, -0.1) is 0 Å². The first kappa shape index (κ1) is 10.3. The number of benzene rings is 1. The molecule has 0 bridgehead atoms. The Morgan fingerprint density at radius 2 is 2.12 bits per heavy atom. The first-order valence-electron chi connectivity index (χ1n) is 5.46. The van der Waals surface area contributed by atoms with E-state index in [1.165, 1.54) is 0 Å². The molecule has 2 N–H and O–H groups in total. The highest BCUT2D eigenvalue weighted by Gasteiger charge is 2.48. The van der Waals surface area contributed by atoms with Crippen molar-refractivity contribution < 1.29 is 24.5 Å². The van der Waals surface area contributed by atoms with E-state index in [1.54, 1.807) is 12.1 Å². The minimum atomic E-state index is -0.848. The van der Waals surface area contributed by atoms with Crippen LogP contribution < -0.4 is 9.47 Å². The molecule has 1 heterocycles. The number of fused-ring (bicyclic) bond motifs is 1. The van der Waals surface area contributed by atoms with Crippen LogP contribution in [0.2, 0.25) is 0 Å². The highest BCUT2D eigenvalue weighted by molar-refractivity contribution is 5.71. The van der Waals surface area contributed by atoms with Crippen molar-refractivity contribution in [2.45, 2.75) is 24.7 Å². The van der Waals surface area contributed by atoms with Crippen LogP contribution in [0.15, 0.2) is 12.1 Å². The molecule has 0 spiro atoms. The van der Waals surface area contributed by atoms with Crippen LogP contribution in [-0.4, -0.2) is 23.0 Å². The molecule has 1 fully saturated rings. The lowest BCUT2D eigenvalue weighted by atomic mass is 9.91. The molecule has 2 aliphatic rings. The average Bonchev–Trinajstić information content (AvgIpc) is 2.87. The van der Waals surface area contributed by atoms with E-state index in [1.807, 2.05) is 0 Å². The predicted octanol–water partition coefficient (Wildman–Crippen LogP) is 1.63. The number of carboxylic acids is 1. The van der Waals surface area contributed by atoms with Gasteiger partial charge in [-0.1, -0.05) is 6.07 Å². The number of aliphatic carboxylic acids is 1. The van der Waals surface area contributed by atoms with Crippen molar-refractivity contribution in [3.05, 3.63) is 17.7 Å². The minimum Gasteiger partial charge on any atom is -0.504 e. The number of ether oxygens (including phenoxy) is 2. The Kier molecular flexibility index (Phi) is 1.98. The van der Waals surface area contributed by atoms with E-state index >= 15 is 0 Å². The summed E-state index contributed by atoms with van der Waals surface area (Å²) in [5.74, 6) is 0.0230. The molecule has 17 heavy (non-hydrogen) atoms. The molecule has 1 aliphatic carbocycles. The molecule has 0 saturated heterocycles. The smallest absolute Gasteiger partial charge is 0.304 e. The molecule has 5 heteroatoms. The molecule has 1 saturated carbocycles. The number of hydrogen-bond donors (Lipinski definition) is 2. The summed E-state index contributed by atoms with van der Waals surface area (Å²) in [6.45, 7) is 0.0955. The van der Waals surface area contributed by atoms with E-state index in [-0.39, 0.29) is 19.0 Å². The Hall–Kier alpha value is -1.91. The number of rotatable bonds is 3. The molecule has 1 aromatic carbocycles. The molecule has 1 aliphatic heterocycles. The van der Waals surface area contributed by atoms with E-state index in [4.69, 9.17) is 14.6 Å². The Labute approximate surface area is 97.6 Å². The fraction of sp³-hybridized carbons (Fsp3) is 0.417. The zero-order valence-electron chi connectivity index (χ0n) is 9.10. The molecule has 90 valence electrons. The van der Waals surface area contributed by atoms with Crippen molar-refractivity contribution in [3.63, 3.8) is 0 Å². The minimum absolute atomic E-state index is 0.0266. The van der Waals surface area contributed by atoms with Crippen molar-refractivity contribution in [1.82, 2.24) is 0 Å².